The highest BCUT2D eigenvalue weighted by Gasteiger charge is 2.15. The van der Waals surface area contributed by atoms with Gasteiger partial charge in [0, 0.05) is 17.3 Å². The molecule has 2 aromatic carbocycles. The number of fused-ring (bicyclic) bond motifs is 1. The van der Waals surface area contributed by atoms with Crippen molar-refractivity contribution in [3.05, 3.63) is 105 Å². The van der Waals surface area contributed by atoms with E-state index in [1.807, 2.05) is 49.5 Å². The van der Waals surface area contributed by atoms with Crippen molar-refractivity contribution in [3.63, 3.8) is 0 Å². The van der Waals surface area contributed by atoms with Gasteiger partial charge in [0.1, 0.15) is 11.5 Å². The molecule has 0 saturated carbocycles. The van der Waals surface area contributed by atoms with Crippen LogP contribution in [0.5, 0.6) is 0 Å². The van der Waals surface area contributed by atoms with Gasteiger partial charge in [-0.1, -0.05) is 36.1 Å². The predicted octanol–water partition coefficient (Wildman–Crippen LogP) is 4.25. The molecule has 0 atom stereocenters. The maximum absolute atomic E-state index is 13.5. The highest BCUT2D eigenvalue weighted by Crippen LogP contribution is 2.25. The Bertz CT molecular complexity index is 1530. The fourth-order valence-electron chi connectivity index (χ4n) is 3.52. The lowest BCUT2D eigenvalue weighted by molar-refractivity contribution is 0.628. The summed E-state index contributed by atoms with van der Waals surface area (Å²) >= 11 is 1.32. The fraction of sp³-hybridized carbons (Fsp3) is 0.0417. The number of aryl methyl sites for hydroxylation is 1. The van der Waals surface area contributed by atoms with Gasteiger partial charge in [-0.2, -0.15) is 5.10 Å². The third-order valence-electron chi connectivity index (χ3n) is 5.09. The number of para-hydroxylation sites is 1. The van der Waals surface area contributed by atoms with Crippen molar-refractivity contribution in [1.82, 2.24) is 19.2 Å². The number of benzene rings is 2. The molecule has 0 bridgehead atoms. The quantitative estimate of drug-likeness (QED) is 0.430. The normalized spacial score (nSPS) is 12.0. The number of rotatable bonds is 4. The fourth-order valence-corrected chi connectivity index (χ4v) is 4.53. The monoisotopic (exact) mass is 428 g/mol. The largest absolute Gasteiger partial charge is 0.274 e. The highest BCUT2D eigenvalue weighted by atomic mass is 32.1. The highest BCUT2D eigenvalue weighted by molar-refractivity contribution is 7.15. The van der Waals surface area contributed by atoms with Gasteiger partial charge in [-0.15, -0.1) is 0 Å². The van der Waals surface area contributed by atoms with Crippen LogP contribution in [0.1, 0.15) is 17.0 Å². The van der Waals surface area contributed by atoms with Gasteiger partial charge in [-0.25, -0.2) is 14.1 Å². The number of hydrogen-bond donors (Lipinski definition) is 0. The number of halogens is 1. The molecule has 0 N–H and O–H groups in total. The minimum Gasteiger partial charge on any atom is -0.267 e. The summed E-state index contributed by atoms with van der Waals surface area (Å²) in [5, 5.41) is 4.72. The summed E-state index contributed by atoms with van der Waals surface area (Å²) < 4.78 is 17.4. The van der Waals surface area contributed by atoms with Gasteiger partial charge >= 0.3 is 0 Å². The van der Waals surface area contributed by atoms with E-state index < -0.39 is 0 Å². The van der Waals surface area contributed by atoms with Crippen molar-refractivity contribution in [3.8, 4) is 16.9 Å². The minimum atomic E-state index is -0.313. The summed E-state index contributed by atoms with van der Waals surface area (Å²) in [6.07, 6.45) is 5.34. The van der Waals surface area contributed by atoms with Gasteiger partial charge in [0.05, 0.1) is 21.6 Å². The molecule has 5 rings (SSSR count). The zero-order chi connectivity index (χ0) is 21.5. The number of aromatic nitrogens is 4. The second-order valence-corrected chi connectivity index (χ2v) is 8.05. The molecule has 31 heavy (non-hydrogen) atoms. The summed E-state index contributed by atoms with van der Waals surface area (Å²) in [6.45, 7) is 5.60. The zero-order valence-corrected chi connectivity index (χ0v) is 17.4. The predicted molar refractivity (Wildman–Crippen MR) is 122 cm³/mol. The number of hydrogen-bond acceptors (Lipinski definition) is 4. The average molecular weight is 428 g/mol. The van der Waals surface area contributed by atoms with E-state index in [1.165, 1.54) is 23.5 Å². The second-order valence-electron chi connectivity index (χ2n) is 7.04. The van der Waals surface area contributed by atoms with Crippen LogP contribution in [0.3, 0.4) is 0 Å². The van der Waals surface area contributed by atoms with Crippen LogP contribution < -0.4 is 10.1 Å². The number of thiazole rings is 1. The standard InChI is InChI=1S/C24H17FN4OS/c1-3-20-15(2)29-23(30)21(31-24(29)26-20)13-17-14-28(19-7-5-4-6-8-19)27-22(17)16-9-11-18(25)12-10-16/h3-14H,1H2,2H3. The summed E-state index contributed by atoms with van der Waals surface area (Å²) in [7, 11) is 0. The van der Waals surface area contributed by atoms with Crippen molar-refractivity contribution in [2.75, 3.05) is 0 Å². The van der Waals surface area contributed by atoms with E-state index in [0.29, 0.717) is 20.9 Å². The Labute approximate surface area is 181 Å². The van der Waals surface area contributed by atoms with Crippen molar-refractivity contribution < 1.29 is 4.39 Å². The first-order valence-corrected chi connectivity index (χ1v) is 10.4. The molecular formula is C24H17FN4OS. The van der Waals surface area contributed by atoms with Crippen molar-refractivity contribution in [1.29, 1.82) is 0 Å². The Morgan fingerprint density at radius 3 is 2.52 bits per heavy atom. The molecule has 152 valence electrons. The lowest BCUT2D eigenvalue weighted by atomic mass is 10.1. The molecule has 0 saturated heterocycles. The smallest absolute Gasteiger partial charge is 0.267 e. The maximum Gasteiger partial charge on any atom is 0.274 e. The summed E-state index contributed by atoms with van der Waals surface area (Å²) in [4.78, 5) is 18.1. The van der Waals surface area contributed by atoms with Crippen LogP contribution in [-0.2, 0) is 0 Å². The number of imidazole rings is 1. The molecule has 5 aromatic rings. The van der Waals surface area contributed by atoms with Gasteiger partial charge in [-0.05, 0) is 55.5 Å². The third-order valence-corrected chi connectivity index (χ3v) is 6.06. The van der Waals surface area contributed by atoms with E-state index >= 15 is 0 Å². The Balaban J connectivity index is 1.73. The Kier molecular flexibility index (Phi) is 4.60. The van der Waals surface area contributed by atoms with Gasteiger partial charge in [0.25, 0.3) is 5.56 Å². The number of nitrogens with zero attached hydrogens (tertiary/aromatic N) is 4. The summed E-state index contributed by atoms with van der Waals surface area (Å²) in [6, 6.07) is 15.9. The molecule has 0 unspecified atom stereocenters. The van der Waals surface area contributed by atoms with Crippen LogP contribution in [0.2, 0.25) is 0 Å². The Hall–Kier alpha value is -3.84. The van der Waals surface area contributed by atoms with Gasteiger partial charge < -0.3 is 0 Å². The van der Waals surface area contributed by atoms with E-state index in [0.717, 1.165) is 22.5 Å². The zero-order valence-electron chi connectivity index (χ0n) is 16.6. The maximum atomic E-state index is 13.5. The first-order valence-electron chi connectivity index (χ1n) is 9.62. The first-order chi connectivity index (χ1) is 15.0. The van der Waals surface area contributed by atoms with E-state index in [1.54, 1.807) is 27.3 Å². The van der Waals surface area contributed by atoms with Crippen molar-refractivity contribution >= 4 is 28.4 Å². The van der Waals surface area contributed by atoms with Crippen LogP contribution in [0.4, 0.5) is 4.39 Å². The molecule has 3 heterocycles. The van der Waals surface area contributed by atoms with Crippen LogP contribution in [0, 0.1) is 12.7 Å². The molecule has 7 heteroatoms. The second kappa shape index (κ2) is 7.45. The van der Waals surface area contributed by atoms with Crippen LogP contribution in [0.15, 0.2) is 72.2 Å². The average Bonchev–Trinajstić information content (AvgIpc) is 3.44. The molecule has 0 spiro atoms. The van der Waals surface area contributed by atoms with E-state index in [4.69, 9.17) is 5.10 Å². The molecule has 0 radical (unpaired) electrons. The molecule has 0 fully saturated rings. The van der Waals surface area contributed by atoms with E-state index in [-0.39, 0.29) is 11.4 Å². The van der Waals surface area contributed by atoms with E-state index in [9.17, 15) is 9.18 Å². The Morgan fingerprint density at radius 1 is 1.10 bits per heavy atom. The molecular weight excluding hydrogens is 411 g/mol. The molecule has 0 aliphatic rings. The van der Waals surface area contributed by atoms with Crippen LogP contribution >= 0.6 is 11.3 Å². The minimum absolute atomic E-state index is 0.129. The molecule has 0 aliphatic heterocycles. The van der Waals surface area contributed by atoms with Gasteiger partial charge in [0.15, 0.2) is 4.96 Å². The molecule has 0 aliphatic carbocycles. The van der Waals surface area contributed by atoms with Gasteiger partial charge in [-0.3, -0.25) is 9.20 Å². The third kappa shape index (κ3) is 3.29. The summed E-state index contributed by atoms with van der Waals surface area (Å²) in [5.41, 5.74) is 4.43. The Morgan fingerprint density at radius 2 is 1.84 bits per heavy atom. The molecule has 5 nitrogen and oxygen atoms in total. The van der Waals surface area contributed by atoms with Gasteiger partial charge in [0.2, 0.25) is 0 Å². The molecule has 3 aromatic heterocycles. The van der Waals surface area contributed by atoms with Crippen molar-refractivity contribution in [2.24, 2.45) is 0 Å². The lowest BCUT2D eigenvalue weighted by Gasteiger charge is -2.00. The summed E-state index contributed by atoms with van der Waals surface area (Å²) in [5.74, 6) is -0.313. The SMILES string of the molecule is C=Cc1nc2sc(=Cc3cn(-c4ccccc4)nc3-c3ccc(F)cc3)c(=O)n2c1C. The van der Waals surface area contributed by atoms with E-state index in [2.05, 4.69) is 11.6 Å². The van der Waals surface area contributed by atoms with Crippen molar-refractivity contribution in [2.45, 2.75) is 6.92 Å². The molecule has 0 amide bonds. The van der Waals surface area contributed by atoms with Crippen LogP contribution in [-0.4, -0.2) is 19.2 Å². The first kappa shape index (κ1) is 19.1. The topological polar surface area (TPSA) is 52.2 Å². The van der Waals surface area contributed by atoms with Crippen LogP contribution in [0.25, 0.3) is 34.1 Å². The lowest BCUT2D eigenvalue weighted by Crippen LogP contribution is -2.23.